The number of carbonyl (C=O) groups excluding carboxylic acids is 1. The molecule has 0 saturated heterocycles. The molecule has 0 aliphatic rings. The third-order valence-electron chi connectivity index (χ3n) is 3.16. The lowest BCUT2D eigenvalue weighted by atomic mass is 10.3. The molecule has 7 nitrogen and oxygen atoms in total. The Bertz CT molecular complexity index is 884. The van der Waals surface area contributed by atoms with Crippen LogP contribution in [-0.2, 0) is 4.79 Å². The van der Waals surface area contributed by atoms with E-state index in [1.807, 2.05) is 30.3 Å². The third-order valence-corrected chi connectivity index (χ3v) is 3.49. The Hall–Kier alpha value is -3.19. The average Bonchev–Trinajstić information content (AvgIpc) is 2.59. The van der Waals surface area contributed by atoms with Crippen LogP contribution < -0.4 is 16.0 Å². The maximum Gasteiger partial charge on any atom is 0.249 e. The van der Waals surface area contributed by atoms with Crippen molar-refractivity contribution in [1.82, 2.24) is 15.2 Å². The third kappa shape index (κ3) is 4.65. The molecule has 0 aliphatic carbocycles. The van der Waals surface area contributed by atoms with E-state index in [0.29, 0.717) is 22.5 Å². The summed E-state index contributed by atoms with van der Waals surface area (Å²) >= 11 is 6.12. The molecule has 1 aromatic heterocycles. The monoisotopic (exact) mass is 354 g/mol. The first-order valence-electron chi connectivity index (χ1n) is 7.46. The molecular weight excluding hydrogens is 340 g/mol. The summed E-state index contributed by atoms with van der Waals surface area (Å²) in [5.74, 6) is 0.733. The number of amides is 1. The van der Waals surface area contributed by atoms with Gasteiger partial charge >= 0.3 is 0 Å². The number of carbonyl (C=O) groups is 1. The highest BCUT2D eigenvalue weighted by atomic mass is 35.5. The van der Waals surface area contributed by atoms with Crippen molar-refractivity contribution in [1.29, 1.82) is 0 Å². The van der Waals surface area contributed by atoms with Crippen molar-refractivity contribution in [2.24, 2.45) is 0 Å². The van der Waals surface area contributed by atoms with Gasteiger partial charge in [0.1, 0.15) is 0 Å². The number of hydrogen-bond donors (Lipinski definition) is 3. The number of anilines is 5. The minimum absolute atomic E-state index is 0.119. The SMILES string of the molecule is CC(=O)Nc1ccc(Nc2nncc(Nc3ccccc3Cl)n2)cc1. The Balaban J connectivity index is 1.71. The molecule has 0 bridgehead atoms. The van der Waals surface area contributed by atoms with Crippen molar-refractivity contribution in [3.8, 4) is 0 Å². The summed E-state index contributed by atoms with van der Waals surface area (Å²) in [7, 11) is 0. The minimum atomic E-state index is -0.119. The Labute approximate surface area is 149 Å². The van der Waals surface area contributed by atoms with Crippen LogP contribution in [0.2, 0.25) is 5.02 Å². The van der Waals surface area contributed by atoms with E-state index in [1.54, 1.807) is 18.2 Å². The molecular formula is C17H15ClN6O. The molecule has 3 rings (SSSR count). The molecule has 0 spiro atoms. The van der Waals surface area contributed by atoms with Crippen molar-refractivity contribution in [2.75, 3.05) is 16.0 Å². The van der Waals surface area contributed by atoms with Crippen LogP contribution >= 0.6 is 11.6 Å². The van der Waals surface area contributed by atoms with Crippen molar-refractivity contribution in [3.63, 3.8) is 0 Å². The fourth-order valence-electron chi connectivity index (χ4n) is 2.09. The smallest absolute Gasteiger partial charge is 0.249 e. The van der Waals surface area contributed by atoms with Gasteiger partial charge in [-0.1, -0.05) is 23.7 Å². The molecule has 0 radical (unpaired) electrons. The molecule has 0 unspecified atom stereocenters. The summed E-state index contributed by atoms with van der Waals surface area (Å²) < 4.78 is 0. The number of halogens is 1. The Morgan fingerprint density at radius 2 is 1.72 bits per heavy atom. The zero-order chi connectivity index (χ0) is 17.6. The van der Waals surface area contributed by atoms with Crippen LogP contribution in [0.3, 0.4) is 0 Å². The van der Waals surface area contributed by atoms with Gasteiger partial charge in [-0.15, -0.1) is 5.10 Å². The molecule has 0 aliphatic heterocycles. The quantitative estimate of drug-likeness (QED) is 0.642. The fraction of sp³-hybridized carbons (Fsp3) is 0.0588. The normalized spacial score (nSPS) is 10.2. The zero-order valence-corrected chi connectivity index (χ0v) is 14.1. The van der Waals surface area contributed by atoms with Gasteiger partial charge < -0.3 is 16.0 Å². The molecule has 126 valence electrons. The molecule has 0 fully saturated rings. The molecule has 8 heteroatoms. The molecule has 0 atom stereocenters. The number of benzene rings is 2. The van der Waals surface area contributed by atoms with E-state index in [-0.39, 0.29) is 5.91 Å². The van der Waals surface area contributed by atoms with E-state index in [9.17, 15) is 4.79 Å². The zero-order valence-electron chi connectivity index (χ0n) is 13.3. The van der Waals surface area contributed by atoms with Crippen LogP contribution in [0.15, 0.2) is 54.7 Å². The number of hydrogen-bond acceptors (Lipinski definition) is 6. The summed E-state index contributed by atoms with van der Waals surface area (Å²) in [6.45, 7) is 1.46. The van der Waals surface area contributed by atoms with E-state index in [4.69, 9.17) is 11.6 Å². The van der Waals surface area contributed by atoms with E-state index in [0.717, 1.165) is 11.4 Å². The summed E-state index contributed by atoms with van der Waals surface area (Å²) in [6.07, 6.45) is 1.51. The van der Waals surface area contributed by atoms with Crippen LogP contribution in [0.25, 0.3) is 0 Å². The van der Waals surface area contributed by atoms with Crippen molar-refractivity contribution in [2.45, 2.75) is 6.92 Å². The van der Waals surface area contributed by atoms with Crippen LogP contribution in [0, 0.1) is 0 Å². The first kappa shape index (κ1) is 16.7. The molecule has 3 aromatic rings. The predicted molar refractivity (Wildman–Crippen MR) is 98.6 cm³/mol. The van der Waals surface area contributed by atoms with Crippen LogP contribution in [0.1, 0.15) is 6.92 Å². The molecule has 25 heavy (non-hydrogen) atoms. The fourth-order valence-corrected chi connectivity index (χ4v) is 2.27. The second-order valence-electron chi connectivity index (χ2n) is 5.15. The maximum absolute atomic E-state index is 11.0. The minimum Gasteiger partial charge on any atom is -0.338 e. The standard InChI is InChI=1S/C17H15ClN6O/c1-11(25)20-12-6-8-13(9-7-12)21-17-23-16(10-19-24-17)22-15-5-3-2-4-14(15)18/h2-10H,1H3,(H,20,25)(H2,21,22,23,24). The topological polar surface area (TPSA) is 91.8 Å². The summed E-state index contributed by atoms with van der Waals surface area (Å²) in [6, 6.07) is 14.5. The van der Waals surface area contributed by atoms with E-state index in [1.165, 1.54) is 13.1 Å². The highest BCUT2D eigenvalue weighted by Gasteiger charge is 2.04. The highest BCUT2D eigenvalue weighted by molar-refractivity contribution is 6.33. The van der Waals surface area contributed by atoms with Gasteiger partial charge in [0.15, 0.2) is 5.82 Å². The van der Waals surface area contributed by atoms with E-state index >= 15 is 0 Å². The van der Waals surface area contributed by atoms with Gasteiger partial charge in [-0.2, -0.15) is 10.1 Å². The Kier molecular flexibility index (Phi) is 5.06. The summed E-state index contributed by atoms with van der Waals surface area (Å²) in [5.41, 5.74) is 2.22. The van der Waals surface area contributed by atoms with Gasteiger partial charge in [-0.05, 0) is 36.4 Å². The number of nitrogens with one attached hydrogen (secondary N) is 3. The molecule has 1 heterocycles. The van der Waals surface area contributed by atoms with Crippen LogP contribution in [0.4, 0.5) is 28.8 Å². The molecule has 1 amide bonds. The van der Waals surface area contributed by atoms with Crippen LogP contribution in [0.5, 0.6) is 0 Å². The van der Waals surface area contributed by atoms with Crippen molar-refractivity contribution >= 4 is 46.3 Å². The first-order valence-corrected chi connectivity index (χ1v) is 7.84. The van der Waals surface area contributed by atoms with Gasteiger partial charge in [0.05, 0.1) is 16.9 Å². The van der Waals surface area contributed by atoms with Crippen molar-refractivity contribution in [3.05, 3.63) is 59.8 Å². The summed E-state index contributed by atoms with van der Waals surface area (Å²) in [4.78, 5) is 15.4. The average molecular weight is 355 g/mol. The first-order chi connectivity index (χ1) is 12.1. The number of para-hydroxylation sites is 1. The van der Waals surface area contributed by atoms with Crippen molar-refractivity contribution < 1.29 is 4.79 Å². The second kappa shape index (κ2) is 7.59. The maximum atomic E-state index is 11.0. The molecule has 2 aromatic carbocycles. The van der Waals surface area contributed by atoms with E-state index < -0.39 is 0 Å². The number of nitrogens with zero attached hydrogens (tertiary/aromatic N) is 3. The van der Waals surface area contributed by atoms with Gasteiger partial charge in [-0.3, -0.25) is 4.79 Å². The highest BCUT2D eigenvalue weighted by Crippen LogP contribution is 2.24. The predicted octanol–water partition coefficient (Wildman–Crippen LogP) is 3.97. The number of aromatic nitrogens is 3. The molecule has 3 N–H and O–H groups in total. The Morgan fingerprint density at radius 1 is 1.00 bits per heavy atom. The summed E-state index contributed by atoms with van der Waals surface area (Å²) in [5, 5.41) is 17.3. The Morgan fingerprint density at radius 3 is 2.44 bits per heavy atom. The van der Waals surface area contributed by atoms with Gasteiger partial charge in [0, 0.05) is 18.3 Å². The largest absolute Gasteiger partial charge is 0.338 e. The van der Waals surface area contributed by atoms with E-state index in [2.05, 4.69) is 31.1 Å². The molecule has 0 saturated carbocycles. The van der Waals surface area contributed by atoms with Crippen LogP contribution in [-0.4, -0.2) is 21.1 Å². The number of rotatable bonds is 5. The van der Waals surface area contributed by atoms with Gasteiger partial charge in [0.2, 0.25) is 11.9 Å². The second-order valence-corrected chi connectivity index (χ2v) is 5.56. The lowest BCUT2D eigenvalue weighted by Crippen LogP contribution is -2.06. The van der Waals surface area contributed by atoms with Gasteiger partial charge in [0.25, 0.3) is 0 Å². The van der Waals surface area contributed by atoms with Gasteiger partial charge in [-0.25, -0.2) is 0 Å². The lowest BCUT2D eigenvalue weighted by molar-refractivity contribution is -0.114. The lowest BCUT2D eigenvalue weighted by Gasteiger charge is -2.09.